The van der Waals surface area contributed by atoms with Crippen LogP contribution in [-0.4, -0.2) is 5.38 Å². The Morgan fingerprint density at radius 3 is 2.11 bits per heavy atom. The summed E-state index contributed by atoms with van der Waals surface area (Å²) < 4.78 is 0. The molecule has 0 aromatic carbocycles. The average molecular weight is 147 g/mol. The van der Waals surface area contributed by atoms with Gasteiger partial charge in [-0.2, -0.15) is 0 Å². The molecule has 0 rings (SSSR count). The molecule has 1 heteroatoms. The molecule has 0 spiro atoms. The minimum absolute atomic E-state index is 0.171. The van der Waals surface area contributed by atoms with E-state index in [1.807, 2.05) is 0 Å². The van der Waals surface area contributed by atoms with Crippen molar-refractivity contribution in [2.24, 2.45) is 5.92 Å². The topological polar surface area (TPSA) is 0 Å². The van der Waals surface area contributed by atoms with Gasteiger partial charge in [-0.3, -0.25) is 0 Å². The van der Waals surface area contributed by atoms with Gasteiger partial charge in [-0.1, -0.05) is 32.9 Å². The number of hydrogen-bond acceptors (Lipinski definition) is 0. The highest BCUT2D eigenvalue weighted by Crippen LogP contribution is 2.18. The number of hydrogen-bond donors (Lipinski definition) is 0. The Kier molecular flexibility index (Phi) is 3.96. The van der Waals surface area contributed by atoms with E-state index in [1.165, 1.54) is 0 Å². The van der Waals surface area contributed by atoms with Crippen molar-refractivity contribution in [2.45, 2.75) is 32.6 Å². The summed E-state index contributed by atoms with van der Waals surface area (Å²) in [5.41, 5.74) is 1.15. The van der Waals surface area contributed by atoms with E-state index < -0.39 is 0 Å². The Labute approximate surface area is 62.9 Å². The van der Waals surface area contributed by atoms with Crippen LogP contribution in [0.3, 0.4) is 0 Å². The summed E-state index contributed by atoms with van der Waals surface area (Å²) >= 11 is 5.91. The molecule has 0 fully saturated rings. The summed E-state index contributed by atoms with van der Waals surface area (Å²) in [7, 11) is 0. The molecular formula is C8H15Cl. The first-order valence-electron chi connectivity index (χ1n) is 3.42. The molecule has 1 unspecified atom stereocenters. The standard InChI is InChI=1S/C8H15Cl/c1-5-8(9)7(4)6(2)3/h6,8H,4-5H2,1-3H3. The van der Waals surface area contributed by atoms with Gasteiger partial charge in [0.15, 0.2) is 0 Å². The fourth-order valence-corrected chi connectivity index (χ4v) is 0.876. The molecule has 1 atom stereocenters. The maximum Gasteiger partial charge on any atom is 0.0542 e. The van der Waals surface area contributed by atoms with Crippen molar-refractivity contribution in [1.29, 1.82) is 0 Å². The van der Waals surface area contributed by atoms with Gasteiger partial charge in [0.25, 0.3) is 0 Å². The van der Waals surface area contributed by atoms with Crippen LogP contribution >= 0.6 is 11.6 Å². The molecule has 0 aromatic heterocycles. The van der Waals surface area contributed by atoms with Crippen LogP contribution in [0, 0.1) is 5.92 Å². The van der Waals surface area contributed by atoms with Crippen molar-refractivity contribution in [1.82, 2.24) is 0 Å². The lowest BCUT2D eigenvalue weighted by molar-refractivity contribution is 0.710. The zero-order chi connectivity index (χ0) is 7.44. The Balaban J connectivity index is 3.73. The van der Waals surface area contributed by atoms with Crippen molar-refractivity contribution in [3.8, 4) is 0 Å². The summed E-state index contributed by atoms with van der Waals surface area (Å²) in [4.78, 5) is 0. The van der Waals surface area contributed by atoms with E-state index in [2.05, 4.69) is 27.4 Å². The maximum atomic E-state index is 5.91. The number of halogens is 1. The molecule has 0 aliphatic rings. The van der Waals surface area contributed by atoms with Crippen LogP contribution in [0.15, 0.2) is 12.2 Å². The molecule has 0 N–H and O–H groups in total. The minimum Gasteiger partial charge on any atom is -0.118 e. The van der Waals surface area contributed by atoms with E-state index >= 15 is 0 Å². The Hall–Kier alpha value is 0.0300. The largest absolute Gasteiger partial charge is 0.118 e. The van der Waals surface area contributed by atoms with Gasteiger partial charge in [-0.05, 0) is 12.3 Å². The Bertz CT molecular complexity index is 94.7. The summed E-state index contributed by atoms with van der Waals surface area (Å²) in [5, 5.41) is 0.171. The van der Waals surface area contributed by atoms with Gasteiger partial charge in [-0.15, -0.1) is 11.6 Å². The second-order valence-corrected chi connectivity index (χ2v) is 3.13. The smallest absolute Gasteiger partial charge is 0.0542 e. The molecule has 0 bridgehead atoms. The van der Waals surface area contributed by atoms with Crippen molar-refractivity contribution in [2.75, 3.05) is 0 Å². The molecule has 0 radical (unpaired) electrons. The molecule has 0 aliphatic heterocycles. The van der Waals surface area contributed by atoms with E-state index in [-0.39, 0.29) is 5.38 Å². The van der Waals surface area contributed by atoms with Crippen molar-refractivity contribution in [3.63, 3.8) is 0 Å². The molecule has 0 saturated carbocycles. The van der Waals surface area contributed by atoms with Crippen LogP contribution in [0.5, 0.6) is 0 Å². The molecular weight excluding hydrogens is 132 g/mol. The molecule has 0 amide bonds. The predicted octanol–water partition coefficient (Wildman–Crippen LogP) is 3.22. The monoisotopic (exact) mass is 146 g/mol. The molecule has 0 saturated heterocycles. The lowest BCUT2D eigenvalue weighted by Crippen LogP contribution is -2.05. The third-order valence-corrected chi connectivity index (χ3v) is 2.09. The fourth-order valence-electron chi connectivity index (χ4n) is 0.624. The molecule has 0 aromatic rings. The van der Waals surface area contributed by atoms with Crippen molar-refractivity contribution in [3.05, 3.63) is 12.2 Å². The van der Waals surface area contributed by atoms with E-state index in [9.17, 15) is 0 Å². The van der Waals surface area contributed by atoms with E-state index in [1.54, 1.807) is 0 Å². The zero-order valence-electron chi connectivity index (χ0n) is 6.45. The fraction of sp³-hybridized carbons (Fsp3) is 0.750. The normalized spacial score (nSPS) is 13.9. The Morgan fingerprint density at radius 1 is 1.56 bits per heavy atom. The van der Waals surface area contributed by atoms with Gasteiger partial charge >= 0.3 is 0 Å². The second-order valence-electron chi connectivity index (χ2n) is 2.61. The van der Waals surface area contributed by atoms with Gasteiger partial charge in [0.05, 0.1) is 5.38 Å². The van der Waals surface area contributed by atoms with Crippen LogP contribution < -0.4 is 0 Å². The van der Waals surface area contributed by atoms with Crippen LogP contribution in [0.4, 0.5) is 0 Å². The number of rotatable bonds is 3. The molecule has 0 aliphatic carbocycles. The lowest BCUT2D eigenvalue weighted by Gasteiger charge is -2.13. The van der Waals surface area contributed by atoms with E-state index in [4.69, 9.17) is 11.6 Å². The maximum absolute atomic E-state index is 5.91. The molecule has 9 heavy (non-hydrogen) atoms. The lowest BCUT2D eigenvalue weighted by atomic mass is 10.0. The zero-order valence-corrected chi connectivity index (χ0v) is 7.20. The third-order valence-electron chi connectivity index (χ3n) is 1.50. The minimum atomic E-state index is 0.171. The van der Waals surface area contributed by atoms with E-state index in [0.717, 1.165) is 12.0 Å². The van der Waals surface area contributed by atoms with Gasteiger partial charge in [-0.25, -0.2) is 0 Å². The summed E-state index contributed by atoms with van der Waals surface area (Å²) in [6, 6.07) is 0. The summed E-state index contributed by atoms with van der Waals surface area (Å²) in [6.45, 7) is 10.2. The van der Waals surface area contributed by atoms with E-state index in [0.29, 0.717) is 5.92 Å². The Morgan fingerprint density at radius 2 is 2.00 bits per heavy atom. The SMILES string of the molecule is C=C(C(C)C)C(Cl)CC. The predicted molar refractivity (Wildman–Crippen MR) is 43.9 cm³/mol. The van der Waals surface area contributed by atoms with Gasteiger partial charge in [0.2, 0.25) is 0 Å². The average Bonchev–Trinajstić information content (AvgIpc) is 1.84. The molecule has 0 nitrogen and oxygen atoms in total. The first-order chi connectivity index (χ1) is 4.09. The highest BCUT2D eigenvalue weighted by molar-refractivity contribution is 6.22. The molecule has 54 valence electrons. The van der Waals surface area contributed by atoms with Gasteiger partial charge in [0.1, 0.15) is 0 Å². The van der Waals surface area contributed by atoms with Crippen LogP contribution in [0.1, 0.15) is 27.2 Å². The van der Waals surface area contributed by atoms with Crippen LogP contribution in [-0.2, 0) is 0 Å². The quantitative estimate of drug-likeness (QED) is 0.424. The highest BCUT2D eigenvalue weighted by atomic mass is 35.5. The number of alkyl halides is 1. The van der Waals surface area contributed by atoms with Gasteiger partial charge in [0, 0.05) is 0 Å². The summed E-state index contributed by atoms with van der Waals surface area (Å²) in [6.07, 6.45) is 0.985. The third kappa shape index (κ3) is 2.90. The highest BCUT2D eigenvalue weighted by Gasteiger charge is 2.08. The first-order valence-corrected chi connectivity index (χ1v) is 3.86. The van der Waals surface area contributed by atoms with Gasteiger partial charge < -0.3 is 0 Å². The second kappa shape index (κ2) is 3.94. The van der Waals surface area contributed by atoms with Crippen LogP contribution in [0.25, 0.3) is 0 Å². The first kappa shape index (κ1) is 9.03. The summed E-state index contributed by atoms with van der Waals surface area (Å²) in [5.74, 6) is 0.521. The van der Waals surface area contributed by atoms with Crippen LogP contribution in [0.2, 0.25) is 0 Å². The molecule has 0 heterocycles. The van der Waals surface area contributed by atoms with Crippen molar-refractivity contribution >= 4 is 11.6 Å². The van der Waals surface area contributed by atoms with Crippen molar-refractivity contribution < 1.29 is 0 Å². The number of allylic oxidation sites excluding steroid dienone is 1.